The lowest BCUT2D eigenvalue weighted by atomic mass is 10.2. The first-order valence-electron chi connectivity index (χ1n) is 10.8. The van der Waals surface area contributed by atoms with Crippen LogP contribution in [0.4, 0.5) is 11.4 Å². The van der Waals surface area contributed by atoms with E-state index in [1.165, 1.54) is 23.1 Å². The molecule has 0 spiro atoms. The third kappa shape index (κ3) is 5.84. The average Bonchev–Trinajstić information content (AvgIpc) is 2.90. The van der Waals surface area contributed by atoms with Crippen LogP contribution < -0.4 is 14.4 Å². The molecule has 4 rings (SSSR count). The number of halogens is 1. The Bertz CT molecular complexity index is 1460. The van der Waals surface area contributed by atoms with E-state index in [1.54, 1.807) is 78.9 Å². The van der Waals surface area contributed by atoms with Crippen LogP contribution in [0.1, 0.15) is 10.4 Å². The molecule has 1 amide bonds. The molecule has 4 aromatic carbocycles. The van der Waals surface area contributed by atoms with Crippen molar-refractivity contribution in [3.8, 4) is 11.5 Å². The fraction of sp³-hybridized carbons (Fsp3) is 0.0741. The van der Waals surface area contributed by atoms with E-state index in [0.717, 1.165) is 4.90 Å². The van der Waals surface area contributed by atoms with E-state index in [0.29, 0.717) is 33.5 Å². The second kappa shape index (κ2) is 11.1. The number of benzene rings is 4. The number of thioether (sulfide) groups is 1. The molecular formula is C27H23ClN2O4S2. The Hall–Kier alpha value is -3.46. The van der Waals surface area contributed by atoms with Crippen LogP contribution in [0.15, 0.2) is 107 Å². The average molecular weight is 539 g/mol. The molecule has 6 nitrogen and oxygen atoms in total. The highest BCUT2D eigenvalue weighted by Crippen LogP contribution is 2.32. The highest BCUT2D eigenvalue weighted by atomic mass is 35.5. The molecule has 0 saturated carbocycles. The van der Waals surface area contributed by atoms with Crippen LogP contribution in [-0.2, 0) is 10.0 Å². The molecule has 0 aliphatic heterocycles. The number of nitrogens with one attached hydrogen (secondary N) is 1. The van der Waals surface area contributed by atoms with Crippen molar-refractivity contribution in [2.75, 3.05) is 22.9 Å². The highest BCUT2D eigenvalue weighted by molar-refractivity contribution is 7.98. The van der Waals surface area contributed by atoms with Gasteiger partial charge in [0, 0.05) is 22.5 Å². The molecule has 36 heavy (non-hydrogen) atoms. The first-order valence-corrected chi connectivity index (χ1v) is 13.9. The maximum Gasteiger partial charge on any atom is 0.264 e. The number of para-hydroxylation sites is 1. The molecule has 0 aromatic heterocycles. The number of hydrogen-bond donors (Lipinski definition) is 1. The summed E-state index contributed by atoms with van der Waals surface area (Å²) < 4.78 is 33.1. The molecule has 0 fully saturated rings. The molecule has 0 heterocycles. The van der Waals surface area contributed by atoms with Gasteiger partial charge in [0.15, 0.2) is 5.75 Å². The lowest BCUT2D eigenvalue weighted by Crippen LogP contribution is -2.26. The fourth-order valence-corrected chi connectivity index (χ4v) is 5.14. The normalized spacial score (nSPS) is 11.1. The molecule has 0 radical (unpaired) electrons. The second-order valence-electron chi connectivity index (χ2n) is 7.70. The molecule has 0 atom stereocenters. The predicted octanol–water partition coefficient (Wildman–Crippen LogP) is 6.93. The van der Waals surface area contributed by atoms with Gasteiger partial charge in [-0.2, -0.15) is 0 Å². The van der Waals surface area contributed by atoms with Gasteiger partial charge in [-0.25, -0.2) is 8.42 Å². The van der Waals surface area contributed by atoms with Crippen LogP contribution in [0, 0.1) is 0 Å². The van der Waals surface area contributed by atoms with Crippen molar-refractivity contribution < 1.29 is 17.9 Å². The number of rotatable bonds is 8. The van der Waals surface area contributed by atoms with Gasteiger partial charge in [0.25, 0.3) is 15.9 Å². The summed E-state index contributed by atoms with van der Waals surface area (Å²) in [6, 6.07) is 27.2. The summed E-state index contributed by atoms with van der Waals surface area (Å²) in [6.07, 6.45) is 1.93. The number of amides is 1. The number of anilines is 2. The van der Waals surface area contributed by atoms with E-state index in [4.69, 9.17) is 16.3 Å². The van der Waals surface area contributed by atoms with Crippen molar-refractivity contribution in [1.82, 2.24) is 0 Å². The van der Waals surface area contributed by atoms with Gasteiger partial charge in [0.2, 0.25) is 0 Å². The number of carbonyl (C=O) groups excluding carboxylic acids is 1. The topological polar surface area (TPSA) is 75.7 Å². The van der Waals surface area contributed by atoms with Gasteiger partial charge >= 0.3 is 0 Å². The van der Waals surface area contributed by atoms with Gasteiger partial charge in [-0.3, -0.25) is 9.10 Å². The molecule has 0 unspecified atom stereocenters. The van der Waals surface area contributed by atoms with E-state index in [-0.39, 0.29) is 10.8 Å². The lowest BCUT2D eigenvalue weighted by Gasteiger charge is -2.20. The quantitative estimate of drug-likeness (QED) is 0.246. The van der Waals surface area contributed by atoms with Crippen LogP contribution in [-0.4, -0.2) is 27.6 Å². The van der Waals surface area contributed by atoms with Crippen molar-refractivity contribution in [3.05, 3.63) is 108 Å². The van der Waals surface area contributed by atoms with E-state index >= 15 is 0 Å². The number of nitrogens with zero attached hydrogens (tertiary/aromatic N) is 1. The zero-order valence-electron chi connectivity index (χ0n) is 19.5. The van der Waals surface area contributed by atoms with Crippen molar-refractivity contribution in [1.29, 1.82) is 0 Å². The summed E-state index contributed by atoms with van der Waals surface area (Å²) in [5.74, 6) is 0.667. The Balaban J connectivity index is 1.51. The molecule has 0 aliphatic carbocycles. The minimum atomic E-state index is -3.75. The highest BCUT2D eigenvalue weighted by Gasteiger charge is 2.21. The van der Waals surface area contributed by atoms with Gasteiger partial charge in [0.1, 0.15) is 5.75 Å². The van der Waals surface area contributed by atoms with Crippen LogP contribution in [0.25, 0.3) is 0 Å². The number of carbonyl (C=O) groups is 1. The lowest BCUT2D eigenvalue weighted by molar-refractivity contribution is 0.102. The van der Waals surface area contributed by atoms with E-state index in [9.17, 15) is 13.2 Å². The molecule has 184 valence electrons. The summed E-state index contributed by atoms with van der Waals surface area (Å²) in [4.78, 5) is 14.1. The standard InChI is InChI=1S/C27H23ClN2O4S2/c1-30(36(32,33)24-15-13-23(35-2)14-16-24)21-11-8-19(9-12-21)27(31)29-25-18-20(28)10-17-26(25)34-22-6-4-3-5-7-22/h3-18H,1-2H3,(H,29,31). The summed E-state index contributed by atoms with van der Waals surface area (Å²) >= 11 is 7.68. The maximum absolute atomic E-state index is 13.0. The second-order valence-corrected chi connectivity index (χ2v) is 11.0. The van der Waals surface area contributed by atoms with Gasteiger partial charge in [0.05, 0.1) is 16.3 Å². The molecule has 4 aromatic rings. The summed E-state index contributed by atoms with van der Waals surface area (Å²) in [7, 11) is -2.27. The van der Waals surface area contributed by atoms with Crippen molar-refractivity contribution in [2.45, 2.75) is 9.79 Å². The molecule has 0 aliphatic rings. The molecular weight excluding hydrogens is 516 g/mol. The van der Waals surface area contributed by atoms with E-state index < -0.39 is 10.0 Å². The Labute approximate surface area is 219 Å². The molecule has 0 saturated heterocycles. The molecule has 0 bridgehead atoms. The SMILES string of the molecule is CSc1ccc(S(=O)(=O)N(C)c2ccc(C(=O)Nc3cc(Cl)ccc3Oc3ccccc3)cc2)cc1. The number of hydrogen-bond acceptors (Lipinski definition) is 5. The number of ether oxygens (including phenoxy) is 1. The zero-order chi connectivity index (χ0) is 25.7. The first-order chi connectivity index (χ1) is 17.3. The van der Waals surface area contributed by atoms with Crippen LogP contribution in [0.2, 0.25) is 5.02 Å². The Kier molecular flexibility index (Phi) is 7.88. The van der Waals surface area contributed by atoms with Gasteiger partial charge in [-0.15, -0.1) is 11.8 Å². The van der Waals surface area contributed by atoms with Crippen molar-refractivity contribution in [3.63, 3.8) is 0 Å². The van der Waals surface area contributed by atoms with Crippen LogP contribution >= 0.6 is 23.4 Å². The maximum atomic E-state index is 13.0. The zero-order valence-corrected chi connectivity index (χ0v) is 21.9. The minimum absolute atomic E-state index is 0.191. The largest absolute Gasteiger partial charge is 0.455 e. The third-order valence-corrected chi connectivity index (χ3v) is 8.15. The third-order valence-electron chi connectivity index (χ3n) is 5.37. The van der Waals surface area contributed by atoms with Gasteiger partial charge < -0.3 is 10.1 Å². The van der Waals surface area contributed by atoms with E-state index in [1.807, 2.05) is 24.5 Å². The molecule has 9 heteroatoms. The van der Waals surface area contributed by atoms with E-state index in [2.05, 4.69) is 5.32 Å². The monoisotopic (exact) mass is 538 g/mol. The molecule has 1 N–H and O–H groups in total. The van der Waals surface area contributed by atoms with Crippen molar-refractivity contribution in [2.24, 2.45) is 0 Å². The van der Waals surface area contributed by atoms with Crippen molar-refractivity contribution >= 4 is 50.7 Å². The smallest absolute Gasteiger partial charge is 0.264 e. The van der Waals surface area contributed by atoms with Gasteiger partial charge in [-0.05, 0) is 85.1 Å². The summed E-state index contributed by atoms with van der Waals surface area (Å²) in [5.41, 5.74) is 1.18. The van der Waals surface area contributed by atoms with Crippen LogP contribution in [0.3, 0.4) is 0 Å². The summed E-state index contributed by atoms with van der Waals surface area (Å²) in [6.45, 7) is 0. The van der Waals surface area contributed by atoms with Crippen LogP contribution in [0.5, 0.6) is 11.5 Å². The van der Waals surface area contributed by atoms with Gasteiger partial charge in [-0.1, -0.05) is 29.8 Å². The summed E-state index contributed by atoms with van der Waals surface area (Å²) in [5, 5.41) is 3.26. The fourth-order valence-electron chi connectivity index (χ4n) is 3.37. The minimum Gasteiger partial charge on any atom is -0.455 e. The number of sulfonamides is 1. The Morgan fingerprint density at radius 3 is 2.22 bits per heavy atom. The Morgan fingerprint density at radius 2 is 1.58 bits per heavy atom. The predicted molar refractivity (Wildman–Crippen MR) is 146 cm³/mol. The first kappa shape index (κ1) is 25.6. The Morgan fingerprint density at radius 1 is 0.917 bits per heavy atom.